The molecule has 0 aliphatic carbocycles. The standard InChI is InChI=1S/C16H21N5O3/c1-20(15(22)9-17-16(23)12-6-8-24-11-12)10-14-19-18-13-5-3-2-4-7-21(13)14/h6,8,11H,2-5,7,9-10H2,1H3,(H,17,23). The maximum atomic E-state index is 12.2. The van der Waals surface area contributed by atoms with Crippen molar-refractivity contribution in [2.45, 2.75) is 38.8 Å². The molecule has 0 saturated heterocycles. The van der Waals surface area contributed by atoms with Crippen LogP contribution in [-0.4, -0.2) is 45.1 Å². The Hall–Kier alpha value is -2.64. The summed E-state index contributed by atoms with van der Waals surface area (Å²) in [6.45, 7) is 1.21. The number of carbonyl (C=O) groups excluding carboxylic acids is 2. The van der Waals surface area contributed by atoms with E-state index in [0.29, 0.717) is 12.1 Å². The van der Waals surface area contributed by atoms with Crippen molar-refractivity contribution >= 4 is 11.8 Å². The van der Waals surface area contributed by atoms with E-state index in [0.717, 1.165) is 37.5 Å². The van der Waals surface area contributed by atoms with E-state index in [1.165, 1.54) is 18.9 Å². The van der Waals surface area contributed by atoms with Crippen LogP contribution in [-0.2, 0) is 24.3 Å². The quantitative estimate of drug-likeness (QED) is 0.882. The minimum atomic E-state index is -0.332. The zero-order chi connectivity index (χ0) is 16.9. The van der Waals surface area contributed by atoms with Gasteiger partial charge in [-0.25, -0.2) is 0 Å². The van der Waals surface area contributed by atoms with Gasteiger partial charge in [-0.1, -0.05) is 6.42 Å². The molecule has 2 aromatic rings. The molecule has 8 heteroatoms. The number of aryl methyl sites for hydroxylation is 1. The highest BCUT2D eigenvalue weighted by atomic mass is 16.3. The largest absolute Gasteiger partial charge is 0.472 e. The van der Waals surface area contributed by atoms with Crippen LogP contribution in [0.2, 0.25) is 0 Å². The van der Waals surface area contributed by atoms with Crippen LogP contribution in [0.4, 0.5) is 0 Å². The van der Waals surface area contributed by atoms with Crippen LogP contribution in [0, 0.1) is 0 Å². The molecule has 0 saturated carbocycles. The number of furan rings is 1. The number of fused-ring (bicyclic) bond motifs is 1. The van der Waals surface area contributed by atoms with E-state index >= 15 is 0 Å². The van der Waals surface area contributed by atoms with Gasteiger partial charge < -0.3 is 19.2 Å². The molecule has 2 aromatic heterocycles. The van der Waals surface area contributed by atoms with Crippen LogP contribution < -0.4 is 5.32 Å². The summed E-state index contributed by atoms with van der Waals surface area (Å²) < 4.78 is 6.96. The van der Waals surface area contributed by atoms with E-state index in [-0.39, 0.29) is 18.4 Å². The molecule has 0 spiro atoms. The number of hydrogen-bond donors (Lipinski definition) is 1. The van der Waals surface area contributed by atoms with Gasteiger partial charge in [0.25, 0.3) is 5.91 Å². The first kappa shape index (κ1) is 16.2. The fourth-order valence-corrected chi connectivity index (χ4v) is 2.75. The fourth-order valence-electron chi connectivity index (χ4n) is 2.75. The van der Waals surface area contributed by atoms with Gasteiger partial charge in [0.1, 0.15) is 12.1 Å². The lowest BCUT2D eigenvalue weighted by atomic mass is 10.2. The molecule has 24 heavy (non-hydrogen) atoms. The van der Waals surface area contributed by atoms with Crippen LogP contribution >= 0.6 is 0 Å². The molecule has 0 bridgehead atoms. The Morgan fingerprint density at radius 3 is 3.00 bits per heavy atom. The smallest absolute Gasteiger partial charge is 0.254 e. The molecule has 8 nitrogen and oxygen atoms in total. The van der Waals surface area contributed by atoms with Gasteiger partial charge in [0.15, 0.2) is 5.82 Å². The van der Waals surface area contributed by atoms with Gasteiger partial charge in [-0.2, -0.15) is 0 Å². The summed E-state index contributed by atoms with van der Waals surface area (Å²) in [6.07, 6.45) is 7.13. The minimum absolute atomic E-state index is 0.0679. The third kappa shape index (κ3) is 3.64. The van der Waals surface area contributed by atoms with Crippen molar-refractivity contribution in [1.82, 2.24) is 25.0 Å². The summed E-state index contributed by atoms with van der Waals surface area (Å²) in [4.78, 5) is 25.6. The molecule has 1 aliphatic rings. The molecular formula is C16H21N5O3. The van der Waals surface area contributed by atoms with E-state index in [2.05, 4.69) is 20.1 Å². The number of aromatic nitrogens is 3. The van der Waals surface area contributed by atoms with Gasteiger partial charge in [0.05, 0.1) is 24.9 Å². The predicted octanol–water partition coefficient (Wildman–Crippen LogP) is 0.986. The highest BCUT2D eigenvalue weighted by Gasteiger charge is 2.18. The van der Waals surface area contributed by atoms with E-state index in [1.54, 1.807) is 18.0 Å². The summed E-state index contributed by atoms with van der Waals surface area (Å²) in [5, 5.41) is 11.0. The van der Waals surface area contributed by atoms with E-state index < -0.39 is 0 Å². The Kier molecular flexibility index (Phi) is 4.93. The van der Waals surface area contributed by atoms with Crippen LogP contribution in [0.1, 0.15) is 41.3 Å². The predicted molar refractivity (Wildman–Crippen MR) is 85.1 cm³/mol. The second kappa shape index (κ2) is 7.29. The Morgan fingerprint density at radius 2 is 2.21 bits per heavy atom. The van der Waals surface area contributed by atoms with Crippen molar-refractivity contribution in [2.75, 3.05) is 13.6 Å². The molecular weight excluding hydrogens is 310 g/mol. The molecule has 1 aliphatic heterocycles. The van der Waals surface area contributed by atoms with E-state index in [9.17, 15) is 9.59 Å². The van der Waals surface area contributed by atoms with Crippen LogP contribution in [0.5, 0.6) is 0 Å². The van der Waals surface area contributed by atoms with Gasteiger partial charge >= 0.3 is 0 Å². The Balaban J connectivity index is 1.55. The van der Waals surface area contributed by atoms with Crippen LogP contribution in [0.3, 0.4) is 0 Å². The normalized spacial score (nSPS) is 13.9. The lowest BCUT2D eigenvalue weighted by Gasteiger charge is -2.17. The molecule has 0 atom stereocenters. The average Bonchev–Trinajstić information content (AvgIpc) is 3.18. The SMILES string of the molecule is CN(Cc1nnc2n1CCCCC2)C(=O)CNC(=O)c1ccoc1. The number of rotatable bonds is 5. The fraction of sp³-hybridized carbons (Fsp3) is 0.500. The second-order valence-corrected chi connectivity index (χ2v) is 5.94. The number of carbonyl (C=O) groups is 2. The molecule has 2 amide bonds. The molecule has 0 radical (unpaired) electrons. The molecule has 0 fully saturated rings. The van der Waals surface area contributed by atoms with Crippen molar-refractivity contribution in [3.8, 4) is 0 Å². The topological polar surface area (TPSA) is 93.3 Å². The van der Waals surface area contributed by atoms with Crippen LogP contribution in [0.25, 0.3) is 0 Å². The summed E-state index contributed by atoms with van der Waals surface area (Å²) in [5.41, 5.74) is 0.397. The highest BCUT2D eigenvalue weighted by molar-refractivity contribution is 5.96. The third-order valence-corrected chi connectivity index (χ3v) is 4.17. The van der Waals surface area contributed by atoms with Gasteiger partial charge in [-0.15, -0.1) is 10.2 Å². The maximum Gasteiger partial charge on any atom is 0.254 e. The van der Waals surface area contributed by atoms with Gasteiger partial charge in [-0.3, -0.25) is 9.59 Å². The summed E-state index contributed by atoms with van der Waals surface area (Å²) in [6, 6.07) is 1.55. The lowest BCUT2D eigenvalue weighted by Crippen LogP contribution is -2.38. The number of nitrogens with one attached hydrogen (secondary N) is 1. The molecule has 3 rings (SSSR count). The third-order valence-electron chi connectivity index (χ3n) is 4.17. The van der Waals surface area contributed by atoms with Crippen molar-refractivity contribution < 1.29 is 14.0 Å². The van der Waals surface area contributed by atoms with Crippen molar-refractivity contribution in [2.24, 2.45) is 0 Å². The van der Waals surface area contributed by atoms with E-state index in [1.807, 2.05) is 0 Å². The lowest BCUT2D eigenvalue weighted by molar-refractivity contribution is -0.129. The van der Waals surface area contributed by atoms with Crippen LogP contribution in [0.15, 0.2) is 23.0 Å². The van der Waals surface area contributed by atoms with Gasteiger partial charge in [0.2, 0.25) is 5.91 Å². The van der Waals surface area contributed by atoms with Crippen molar-refractivity contribution in [1.29, 1.82) is 0 Å². The van der Waals surface area contributed by atoms with Crippen molar-refractivity contribution in [3.05, 3.63) is 35.8 Å². The number of hydrogen-bond acceptors (Lipinski definition) is 5. The first-order chi connectivity index (χ1) is 11.6. The molecule has 3 heterocycles. The average molecular weight is 331 g/mol. The summed E-state index contributed by atoms with van der Waals surface area (Å²) in [5.74, 6) is 1.28. The second-order valence-electron chi connectivity index (χ2n) is 5.94. The minimum Gasteiger partial charge on any atom is -0.472 e. The zero-order valence-corrected chi connectivity index (χ0v) is 13.7. The Bertz CT molecular complexity index is 707. The summed E-state index contributed by atoms with van der Waals surface area (Å²) in [7, 11) is 1.70. The monoisotopic (exact) mass is 331 g/mol. The maximum absolute atomic E-state index is 12.2. The first-order valence-corrected chi connectivity index (χ1v) is 8.10. The first-order valence-electron chi connectivity index (χ1n) is 8.10. The van der Waals surface area contributed by atoms with Crippen molar-refractivity contribution in [3.63, 3.8) is 0 Å². The number of likely N-dealkylation sites (N-methyl/N-ethyl adjacent to an activating group) is 1. The number of amides is 2. The zero-order valence-electron chi connectivity index (χ0n) is 13.7. The number of nitrogens with zero attached hydrogens (tertiary/aromatic N) is 4. The summed E-state index contributed by atoms with van der Waals surface area (Å²) >= 11 is 0. The molecule has 0 aromatic carbocycles. The Morgan fingerprint density at radius 1 is 1.33 bits per heavy atom. The molecule has 1 N–H and O–H groups in total. The molecule has 128 valence electrons. The van der Waals surface area contributed by atoms with E-state index in [4.69, 9.17) is 4.42 Å². The Labute approximate surface area is 139 Å². The van der Waals surface area contributed by atoms with Gasteiger partial charge in [-0.05, 0) is 18.9 Å². The highest BCUT2D eigenvalue weighted by Crippen LogP contribution is 2.15. The molecule has 0 unspecified atom stereocenters. The van der Waals surface area contributed by atoms with Gasteiger partial charge in [0, 0.05) is 20.0 Å².